The molecule has 170 valence electrons. The minimum absolute atomic E-state index is 0.0993. The van der Waals surface area contributed by atoms with E-state index < -0.39 is 11.8 Å². The smallest absolute Gasteiger partial charge is 0.338 e. The Morgan fingerprint density at radius 2 is 1.88 bits per heavy atom. The van der Waals surface area contributed by atoms with Crippen LogP contribution >= 0.6 is 0 Å². The maximum Gasteiger partial charge on any atom is 0.338 e. The highest BCUT2D eigenvalue weighted by Gasteiger charge is 2.35. The molecule has 6 heteroatoms. The fraction of sp³-hybridized carbons (Fsp3) is 0.462. The molecule has 0 bridgehead atoms. The quantitative estimate of drug-likeness (QED) is 0.446. The molecule has 1 heterocycles. The lowest BCUT2D eigenvalue weighted by atomic mass is 9.70. The molecule has 1 aliphatic rings. The third-order valence-corrected chi connectivity index (χ3v) is 6.59. The van der Waals surface area contributed by atoms with E-state index in [4.69, 9.17) is 0 Å². The van der Waals surface area contributed by atoms with Gasteiger partial charge in [0.05, 0.1) is 11.1 Å². The number of benzene rings is 2. The lowest BCUT2D eigenvalue weighted by Gasteiger charge is -2.40. The van der Waals surface area contributed by atoms with Gasteiger partial charge < -0.3 is 15.0 Å². The second-order valence-corrected chi connectivity index (χ2v) is 10.4. The lowest BCUT2D eigenvalue weighted by Crippen LogP contribution is -2.29. The fourth-order valence-electron chi connectivity index (χ4n) is 5.32. The molecule has 0 saturated heterocycles. The number of fused-ring (bicyclic) bond motifs is 1. The summed E-state index contributed by atoms with van der Waals surface area (Å²) in [6, 6.07) is 11.3. The van der Waals surface area contributed by atoms with Gasteiger partial charge in [0.2, 0.25) is 5.95 Å². The van der Waals surface area contributed by atoms with Crippen LogP contribution in [0.1, 0.15) is 81.8 Å². The van der Waals surface area contributed by atoms with Crippen LogP contribution in [-0.4, -0.2) is 20.6 Å². The molecule has 0 amide bonds. The molecule has 1 saturated carbocycles. The minimum Gasteiger partial charge on any atom is -0.478 e. The van der Waals surface area contributed by atoms with Gasteiger partial charge in [-0.15, -0.1) is 0 Å². The van der Waals surface area contributed by atoms with Crippen molar-refractivity contribution in [3.05, 3.63) is 53.3 Å². The molecule has 32 heavy (non-hydrogen) atoms. The number of rotatable bonds is 5. The molecule has 4 rings (SSSR count). The molecule has 5 nitrogen and oxygen atoms in total. The number of hydrogen-bond donors (Lipinski definition) is 2. The predicted molar refractivity (Wildman–Crippen MR) is 126 cm³/mol. The third-order valence-electron chi connectivity index (χ3n) is 6.59. The van der Waals surface area contributed by atoms with E-state index in [2.05, 4.69) is 61.6 Å². The van der Waals surface area contributed by atoms with E-state index in [1.54, 1.807) is 6.07 Å². The van der Waals surface area contributed by atoms with E-state index in [0.29, 0.717) is 23.3 Å². The molecule has 2 unspecified atom stereocenters. The van der Waals surface area contributed by atoms with Crippen molar-refractivity contribution < 1.29 is 14.3 Å². The first kappa shape index (κ1) is 22.3. The van der Waals surface area contributed by atoms with Crippen LogP contribution in [0, 0.1) is 17.2 Å². The molecule has 0 spiro atoms. The molecule has 1 aliphatic carbocycles. The highest BCUT2D eigenvalue weighted by molar-refractivity contribution is 5.94. The van der Waals surface area contributed by atoms with E-state index in [0.717, 1.165) is 24.9 Å². The number of carboxylic acids is 1. The van der Waals surface area contributed by atoms with Gasteiger partial charge in [-0.2, -0.15) is 0 Å². The number of imidazole rings is 1. The van der Waals surface area contributed by atoms with Crippen molar-refractivity contribution in [2.45, 2.75) is 65.8 Å². The van der Waals surface area contributed by atoms with E-state index in [9.17, 15) is 9.90 Å². The summed E-state index contributed by atoms with van der Waals surface area (Å²) in [5.74, 6) is -0.556. The van der Waals surface area contributed by atoms with Gasteiger partial charge in [-0.3, -0.25) is 0 Å². The van der Waals surface area contributed by atoms with E-state index in [-0.39, 0.29) is 22.5 Å². The van der Waals surface area contributed by atoms with Gasteiger partial charge in [-0.25, -0.2) is 14.2 Å². The zero-order valence-electron chi connectivity index (χ0n) is 19.4. The largest absolute Gasteiger partial charge is 0.478 e. The van der Waals surface area contributed by atoms with Crippen LogP contribution < -0.4 is 5.32 Å². The molecule has 0 radical (unpaired) electrons. The Morgan fingerprint density at radius 1 is 1.19 bits per heavy atom. The summed E-state index contributed by atoms with van der Waals surface area (Å²) in [5, 5.41) is 12.8. The predicted octanol–water partition coefficient (Wildman–Crippen LogP) is 7.13. The van der Waals surface area contributed by atoms with Crippen molar-refractivity contribution >= 4 is 28.6 Å². The van der Waals surface area contributed by atoms with Gasteiger partial charge >= 0.3 is 5.97 Å². The third kappa shape index (κ3) is 4.23. The molecular weight excluding hydrogens is 405 g/mol. The van der Waals surface area contributed by atoms with E-state index >= 15 is 4.39 Å². The molecule has 2 aromatic carbocycles. The van der Waals surface area contributed by atoms with Crippen molar-refractivity contribution in [2.75, 3.05) is 5.32 Å². The van der Waals surface area contributed by atoms with Crippen LogP contribution in [0.2, 0.25) is 0 Å². The molecule has 1 aromatic heterocycles. The van der Waals surface area contributed by atoms with E-state index in [1.807, 2.05) is 12.1 Å². The topological polar surface area (TPSA) is 67.2 Å². The number of hydrogen-bond acceptors (Lipinski definition) is 3. The second kappa shape index (κ2) is 8.23. The molecule has 3 aromatic rings. The SMILES string of the molecule is CC1CC(n2c(Nc3ccc(C(C)C)cc3)nc3c(F)c(C(=O)O)ccc32)CC(C)(C)C1. The van der Waals surface area contributed by atoms with Crippen LogP contribution in [0.15, 0.2) is 36.4 Å². The number of nitrogens with zero attached hydrogens (tertiary/aromatic N) is 2. The van der Waals surface area contributed by atoms with Crippen LogP contribution in [0.3, 0.4) is 0 Å². The van der Waals surface area contributed by atoms with Gasteiger partial charge in [0.15, 0.2) is 5.82 Å². The number of carboxylic acid groups (broad SMARTS) is 1. The summed E-state index contributed by atoms with van der Waals surface area (Å²) in [4.78, 5) is 16.0. The van der Waals surface area contributed by atoms with Gasteiger partial charge in [-0.1, -0.05) is 46.8 Å². The normalized spacial score (nSPS) is 20.6. The standard InChI is InChI=1S/C26H32FN3O2/c1-15(2)17-6-8-18(9-7-17)28-25-29-23-21(11-10-20(22(23)27)24(31)32)30(25)19-12-16(3)13-26(4,5)14-19/h6-11,15-16,19H,12-14H2,1-5H3,(H,28,29)(H,31,32). The summed E-state index contributed by atoms with van der Waals surface area (Å²) in [7, 11) is 0. The number of aromatic carboxylic acids is 1. The number of carbonyl (C=O) groups is 1. The van der Waals surface area contributed by atoms with Crippen LogP contribution in [0.4, 0.5) is 16.0 Å². The molecular formula is C26H32FN3O2. The van der Waals surface area contributed by atoms with Crippen LogP contribution in [0.5, 0.6) is 0 Å². The first-order valence-corrected chi connectivity index (χ1v) is 11.4. The molecule has 0 aliphatic heterocycles. The van der Waals surface area contributed by atoms with Crippen LogP contribution in [-0.2, 0) is 0 Å². The summed E-state index contributed by atoms with van der Waals surface area (Å²) in [5.41, 5.74) is 2.64. The minimum atomic E-state index is -1.29. The summed E-state index contributed by atoms with van der Waals surface area (Å²) < 4.78 is 17.2. The molecule has 2 atom stereocenters. The number of aromatic nitrogens is 2. The summed E-state index contributed by atoms with van der Waals surface area (Å²) in [6.45, 7) is 11.1. The maximum absolute atomic E-state index is 15.1. The van der Waals surface area contributed by atoms with Crippen LogP contribution in [0.25, 0.3) is 11.0 Å². The summed E-state index contributed by atoms with van der Waals surface area (Å²) >= 11 is 0. The number of nitrogens with one attached hydrogen (secondary N) is 1. The fourth-order valence-corrected chi connectivity index (χ4v) is 5.32. The zero-order valence-corrected chi connectivity index (χ0v) is 19.4. The van der Waals surface area contributed by atoms with Crippen molar-refractivity contribution in [3.63, 3.8) is 0 Å². The monoisotopic (exact) mass is 437 g/mol. The Kier molecular flexibility index (Phi) is 5.74. The summed E-state index contributed by atoms with van der Waals surface area (Å²) in [6.07, 6.45) is 3.07. The number of halogens is 1. The Hall–Kier alpha value is -2.89. The Morgan fingerprint density at radius 3 is 2.47 bits per heavy atom. The first-order chi connectivity index (χ1) is 15.1. The van der Waals surface area contributed by atoms with E-state index in [1.165, 1.54) is 11.6 Å². The Bertz CT molecular complexity index is 1150. The Labute approximate surface area is 188 Å². The first-order valence-electron chi connectivity index (χ1n) is 11.4. The highest BCUT2D eigenvalue weighted by atomic mass is 19.1. The average Bonchev–Trinajstić information content (AvgIpc) is 3.05. The van der Waals surface area contributed by atoms with Crippen molar-refractivity contribution in [3.8, 4) is 0 Å². The van der Waals surface area contributed by atoms with Gasteiger partial charge in [0.1, 0.15) is 5.52 Å². The zero-order chi connectivity index (χ0) is 23.2. The van der Waals surface area contributed by atoms with Gasteiger partial charge in [-0.05, 0) is 66.3 Å². The average molecular weight is 438 g/mol. The highest BCUT2D eigenvalue weighted by Crippen LogP contribution is 2.46. The maximum atomic E-state index is 15.1. The molecule has 2 N–H and O–H groups in total. The lowest BCUT2D eigenvalue weighted by molar-refractivity contribution is 0.0692. The Balaban J connectivity index is 1.83. The second-order valence-electron chi connectivity index (χ2n) is 10.4. The molecule has 1 fully saturated rings. The van der Waals surface area contributed by atoms with Crippen molar-refractivity contribution in [1.82, 2.24) is 9.55 Å². The van der Waals surface area contributed by atoms with Crippen molar-refractivity contribution in [1.29, 1.82) is 0 Å². The van der Waals surface area contributed by atoms with Crippen molar-refractivity contribution in [2.24, 2.45) is 11.3 Å². The van der Waals surface area contributed by atoms with Gasteiger partial charge in [0, 0.05) is 11.7 Å². The van der Waals surface area contributed by atoms with Gasteiger partial charge in [0.25, 0.3) is 0 Å². The number of anilines is 2.